The first-order valence-electron chi connectivity index (χ1n) is 7.42. The number of nitro groups is 1. The Hall–Kier alpha value is -2.31. The van der Waals surface area contributed by atoms with Crippen LogP contribution in [0.3, 0.4) is 0 Å². The first-order chi connectivity index (χ1) is 10.6. The van der Waals surface area contributed by atoms with Gasteiger partial charge < -0.3 is 14.5 Å². The van der Waals surface area contributed by atoms with Crippen LogP contribution in [-0.4, -0.2) is 49.0 Å². The van der Waals surface area contributed by atoms with E-state index in [1.807, 2.05) is 16.7 Å². The number of rotatable bonds is 5. The van der Waals surface area contributed by atoms with Crippen LogP contribution < -0.4 is 9.64 Å². The fraction of sp³-hybridized carbons (Fsp3) is 0.533. The average molecular weight is 307 g/mol. The quantitative estimate of drug-likeness (QED) is 0.614. The van der Waals surface area contributed by atoms with E-state index in [2.05, 4.69) is 0 Å². The van der Waals surface area contributed by atoms with Gasteiger partial charge in [0.25, 0.3) is 5.69 Å². The van der Waals surface area contributed by atoms with Crippen LogP contribution in [0.4, 0.5) is 11.4 Å². The molecule has 0 aromatic heterocycles. The molecule has 1 heterocycles. The number of piperazine rings is 1. The second-order valence-corrected chi connectivity index (χ2v) is 5.23. The Labute approximate surface area is 129 Å². The predicted octanol–water partition coefficient (Wildman–Crippen LogP) is 2.05. The van der Waals surface area contributed by atoms with Gasteiger partial charge in [-0.1, -0.05) is 6.92 Å². The molecule has 1 amide bonds. The van der Waals surface area contributed by atoms with Gasteiger partial charge in [0.15, 0.2) is 0 Å². The maximum absolute atomic E-state index is 11.9. The highest BCUT2D eigenvalue weighted by molar-refractivity contribution is 5.76. The van der Waals surface area contributed by atoms with E-state index in [1.54, 1.807) is 12.1 Å². The molecule has 0 atom stereocenters. The summed E-state index contributed by atoms with van der Waals surface area (Å²) >= 11 is 0. The van der Waals surface area contributed by atoms with Crippen LogP contribution in [0.25, 0.3) is 0 Å². The highest BCUT2D eigenvalue weighted by atomic mass is 16.6. The molecule has 0 bridgehead atoms. The zero-order valence-electron chi connectivity index (χ0n) is 12.9. The van der Waals surface area contributed by atoms with Gasteiger partial charge in [0, 0.05) is 32.6 Å². The summed E-state index contributed by atoms with van der Waals surface area (Å²) < 4.78 is 5.05. The number of anilines is 1. The number of hydrogen-bond donors (Lipinski definition) is 0. The summed E-state index contributed by atoms with van der Waals surface area (Å²) in [6, 6.07) is 4.86. The van der Waals surface area contributed by atoms with Crippen molar-refractivity contribution in [1.82, 2.24) is 4.90 Å². The van der Waals surface area contributed by atoms with E-state index in [9.17, 15) is 14.9 Å². The van der Waals surface area contributed by atoms with Gasteiger partial charge in [0.2, 0.25) is 5.91 Å². The summed E-state index contributed by atoms with van der Waals surface area (Å²) in [4.78, 5) is 26.5. The Morgan fingerprint density at radius 2 is 2.00 bits per heavy atom. The van der Waals surface area contributed by atoms with Crippen molar-refractivity contribution in [1.29, 1.82) is 0 Å². The first-order valence-corrected chi connectivity index (χ1v) is 7.42. The maximum atomic E-state index is 11.9. The van der Waals surface area contributed by atoms with Gasteiger partial charge in [-0.05, 0) is 18.6 Å². The van der Waals surface area contributed by atoms with Gasteiger partial charge in [-0.25, -0.2) is 0 Å². The van der Waals surface area contributed by atoms with E-state index in [0.717, 1.165) is 6.42 Å². The molecule has 22 heavy (non-hydrogen) atoms. The van der Waals surface area contributed by atoms with E-state index in [1.165, 1.54) is 13.2 Å². The van der Waals surface area contributed by atoms with Gasteiger partial charge >= 0.3 is 0 Å². The lowest BCUT2D eigenvalue weighted by atomic mass is 10.2. The molecule has 1 aliphatic heterocycles. The Morgan fingerprint density at radius 1 is 1.32 bits per heavy atom. The molecule has 0 saturated carbocycles. The lowest BCUT2D eigenvalue weighted by Gasteiger charge is -2.35. The van der Waals surface area contributed by atoms with Crippen LogP contribution in [0.15, 0.2) is 18.2 Å². The van der Waals surface area contributed by atoms with Crippen molar-refractivity contribution in [2.24, 2.45) is 0 Å². The number of nitro benzene ring substituents is 1. The van der Waals surface area contributed by atoms with Crippen LogP contribution in [0.2, 0.25) is 0 Å². The average Bonchev–Trinajstić information content (AvgIpc) is 2.54. The van der Waals surface area contributed by atoms with Crippen molar-refractivity contribution >= 4 is 17.3 Å². The largest absolute Gasteiger partial charge is 0.496 e. The molecule has 2 rings (SSSR count). The van der Waals surface area contributed by atoms with Gasteiger partial charge in [0.05, 0.1) is 18.1 Å². The maximum Gasteiger partial charge on any atom is 0.296 e. The van der Waals surface area contributed by atoms with Gasteiger partial charge in [-0.15, -0.1) is 0 Å². The molecule has 0 N–H and O–H groups in total. The van der Waals surface area contributed by atoms with E-state index in [0.29, 0.717) is 44.0 Å². The second kappa shape index (κ2) is 7.11. The lowest BCUT2D eigenvalue weighted by molar-refractivity contribution is -0.384. The Balaban J connectivity index is 2.11. The SMILES string of the molecule is CCCC(=O)N1CCN(c2ccc(OC)cc2[N+](=O)[O-])CC1. The van der Waals surface area contributed by atoms with Crippen LogP contribution in [-0.2, 0) is 4.79 Å². The number of nitrogens with zero attached hydrogens (tertiary/aromatic N) is 3. The number of hydrogen-bond acceptors (Lipinski definition) is 5. The third-order valence-corrected chi connectivity index (χ3v) is 3.82. The summed E-state index contributed by atoms with van der Waals surface area (Å²) in [6.45, 7) is 4.38. The smallest absolute Gasteiger partial charge is 0.296 e. The lowest BCUT2D eigenvalue weighted by Crippen LogP contribution is -2.48. The summed E-state index contributed by atoms with van der Waals surface area (Å²) in [5.41, 5.74) is 0.612. The third kappa shape index (κ3) is 3.47. The molecule has 1 aromatic rings. The number of ether oxygens (including phenoxy) is 1. The number of methoxy groups -OCH3 is 1. The Morgan fingerprint density at radius 3 is 2.55 bits per heavy atom. The van der Waals surface area contributed by atoms with E-state index >= 15 is 0 Å². The molecule has 1 saturated heterocycles. The topological polar surface area (TPSA) is 75.9 Å². The Bertz CT molecular complexity index is 554. The second-order valence-electron chi connectivity index (χ2n) is 5.23. The van der Waals surface area contributed by atoms with Crippen molar-refractivity contribution < 1.29 is 14.5 Å². The molecule has 7 heteroatoms. The third-order valence-electron chi connectivity index (χ3n) is 3.82. The molecule has 0 radical (unpaired) electrons. The summed E-state index contributed by atoms with van der Waals surface area (Å²) in [5.74, 6) is 0.624. The molecule has 0 spiro atoms. The van der Waals surface area contributed by atoms with Gasteiger partial charge in [-0.2, -0.15) is 0 Å². The number of amides is 1. The van der Waals surface area contributed by atoms with Crippen molar-refractivity contribution in [3.05, 3.63) is 28.3 Å². The monoisotopic (exact) mass is 307 g/mol. The number of benzene rings is 1. The zero-order chi connectivity index (χ0) is 16.1. The van der Waals surface area contributed by atoms with Crippen LogP contribution in [0.1, 0.15) is 19.8 Å². The zero-order valence-corrected chi connectivity index (χ0v) is 12.9. The number of carbonyl (C=O) groups excluding carboxylic acids is 1. The first kappa shape index (κ1) is 16.1. The molecule has 0 unspecified atom stereocenters. The van der Waals surface area contributed by atoms with E-state index in [-0.39, 0.29) is 11.6 Å². The van der Waals surface area contributed by atoms with Crippen LogP contribution in [0, 0.1) is 10.1 Å². The van der Waals surface area contributed by atoms with E-state index < -0.39 is 4.92 Å². The van der Waals surface area contributed by atoms with Crippen molar-refractivity contribution in [3.8, 4) is 5.75 Å². The molecular formula is C15H21N3O4. The van der Waals surface area contributed by atoms with Crippen LogP contribution in [0.5, 0.6) is 5.75 Å². The minimum absolute atomic E-state index is 0.0349. The summed E-state index contributed by atoms with van der Waals surface area (Å²) in [5, 5.41) is 11.2. The standard InChI is InChI=1S/C15H21N3O4/c1-3-4-15(19)17-9-7-16(8-10-17)13-6-5-12(22-2)11-14(13)18(20)21/h5-6,11H,3-4,7-10H2,1-2H3. The predicted molar refractivity (Wildman–Crippen MR) is 83.3 cm³/mol. The van der Waals surface area contributed by atoms with E-state index in [4.69, 9.17) is 4.74 Å². The van der Waals surface area contributed by atoms with Crippen molar-refractivity contribution in [2.75, 3.05) is 38.2 Å². The van der Waals surface area contributed by atoms with Crippen molar-refractivity contribution in [2.45, 2.75) is 19.8 Å². The van der Waals surface area contributed by atoms with Gasteiger partial charge in [0.1, 0.15) is 11.4 Å². The molecular weight excluding hydrogens is 286 g/mol. The molecule has 0 aliphatic carbocycles. The molecule has 1 fully saturated rings. The minimum Gasteiger partial charge on any atom is -0.496 e. The summed E-state index contributed by atoms with van der Waals surface area (Å²) in [6.07, 6.45) is 1.39. The molecule has 1 aromatic carbocycles. The summed E-state index contributed by atoms with van der Waals surface area (Å²) in [7, 11) is 1.48. The highest BCUT2D eigenvalue weighted by Crippen LogP contribution is 2.32. The number of carbonyl (C=O) groups is 1. The Kier molecular flexibility index (Phi) is 5.19. The fourth-order valence-corrected chi connectivity index (χ4v) is 2.61. The molecule has 7 nitrogen and oxygen atoms in total. The van der Waals surface area contributed by atoms with Crippen LogP contribution >= 0.6 is 0 Å². The van der Waals surface area contributed by atoms with Crippen molar-refractivity contribution in [3.63, 3.8) is 0 Å². The fourth-order valence-electron chi connectivity index (χ4n) is 2.61. The van der Waals surface area contributed by atoms with Gasteiger partial charge in [-0.3, -0.25) is 14.9 Å². The molecule has 1 aliphatic rings. The molecule has 120 valence electrons. The highest BCUT2D eigenvalue weighted by Gasteiger charge is 2.25. The normalized spacial score (nSPS) is 14.8. The minimum atomic E-state index is -0.396.